The Labute approximate surface area is 314 Å². The van der Waals surface area contributed by atoms with Gasteiger partial charge in [-0.2, -0.15) is 0 Å². The van der Waals surface area contributed by atoms with Gasteiger partial charge in [-0.15, -0.1) is 0 Å². The molecule has 0 unspecified atom stereocenters. The molecule has 0 aliphatic carbocycles. The topological polar surface area (TPSA) is 241 Å². The highest BCUT2D eigenvalue weighted by atomic mass is 16.5. The summed E-state index contributed by atoms with van der Waals surface area (Å²) in [7, 11) is 0. The van der Waals surface area contributed by atoms with E-state index in [0.717, 1.165) is 16.8 Å². The van der Waals surface area contributed by atoms with Crippen LogP contribution in [0.5, 0.6) is 5.75 Å². The average Bonchev–Trinajstić information content (AvgIpc) is 3.67. The monoisotopic (exact) mass is 746 g/mol. The minimum absolute atomic E-state index is 0.0516. The van der Waals surface area contributed by atoms with Crippen LogP contribution in [0.2, 0.25) is 0 Å². The molecule has 0 bridgehead atoms. The predicted molar refractivity (Wildman–Crippen MR) is 200 cm³/mol. The molecular weight excluding hydrogens is 696 g/mol. The number of ether oxygens (including phenoxy) is 2. The zero-order chi connectivity index (χ0) is 39.1. The van der Waals surface area contributed by atoms with Crippen molar-refractivity contribution in [2.75, 3.05) is 32.8 Å². The molecule has 290 valence electrons. The highest BCUT2D eigenvalue weighted by Gasteiger charge is 2.31. The van der Waals surface area contributed by atoms with Crippen molar-refractivity contribution in [3.63, 3.8) is 0 Å². The number of nitrogens with zero attached hydrogens (tertiary/aromatic N) is 4. The number of aromatic nitrogens is 2. The van der Waals surface area contributed by atoms with Gasteiger partial charge in [0.05, 0.1) is 26.0 Å². The van der Waals surface area contributed by atoms with Crippen LogP contribution in [0.1, 0.15) is 50.4 Å². The summed E-state index contributed by atoms with van der Waals surface area (Å²) < 4.78 is 11.2. The second-order valence-corrected chi connectivity index (χ2v) is 12.9. The van der Waals surface area contributed by atoms with Gasteiger partial charge in [0.1, 0.15) is 30.5 Å². The quantitative estimate of drug-likeness (QED) is 0.0343. The van der Waals surface area contributed by atoms with E-state index in [0.29, 0.717) is 18.8 Å². The van der Waals surface area contributed by atoms with Crippen LogP contribution < -0.4 is 31.3 Å². The molecule has 3 aromatic rings. The standard InChI is InChI=1S/C37H50N10O7/c1-25(2)19-31(45-37(52)32(44-26(3)48)20-27-9-11-30(12-10-27)54-23-28-7-5-4-6-8-28)36(51)46-33(35(50)41-15-17-53-18-16-43-47-38)21-34(49)40-14-13-29-22-39-24-42-29/h4-12,22,24-25,31-33H,13-21,23H2,1-3H3,(H,39,42)(H,40,49)(H,41,50)(H,44,48)(H,45,52)(H,46,51)/t31-,32+,33+/m1/s1. The van der Waals surface area contributed by atoms with E-state index in [9.17, 15) is 24.0 Å². The van der Waals surface area contributed by atoms with Gasteiger partial charge in [0.25, 0.3) is 0 Å². The molecule has 0 spiro atoms. The Balaban J connectivity index is 1.67. The van der Waals surface area contributed by atoms with Gasteiger partial charge >= 0.3 is 0 Å². The molecule has 6 N–H and O–H groups in total. The van der Waals surface area contributed by atoms with E-state index in [-0.39, 0.29) is 58.0 Å². The fourth-order valence-electron chi connectivity index (χ4n) is 5.25. The summed E-state index contributed by atoms with van der Waals surface area (Å²) in [6.07, 6.45) is 3.61. The molecule has 54 heavy (non-hydrogen) atoms. The number of benzene rings is 2. The van der Waals surface area contributed by atoms with E-state index in [2.05, 4.69) is 46.6 Å². The van der Waals surface area contributed by atoms with Crippen molar-refractivity contribution in [2.45, 2.75) is 71.2 Å². The van der Waals surface area contributed by atoms with Crippen LogP contribution in [0.4, 0.5) is 0 Å². The number of imidazole rings is 1. The number of nitrogens with one attached hydrogen (secondary N) is 6. The number of H-pyrrole nitrogens is 1. The minimum Gasteiger partial charge on any atom is -0.489 e. The zero-order valence-corrected chi connectivity index (χ0v) is 30.9. The van der Waals surface area contributed by atoms with Crippen LogP contribution >= 0.6 is 0 Å². The molecule has 3 rings (SSSR count). The summed E-state index contributed by atoms with van der Waals surface area (Å²) >= 11 is 0. The number of azide groups is 1. The molecule has 1 heterocycles. The Kier molecular flexibility index (Phi) is 18.6. The summed E-state index contributed by atoms with van der Waals surface area (Å²) in [5, 5.41) is 16.9. The second-order valence-electron chi connectivity index (χ2n) is 12.9. The third-order valence-electron chi connectivity index (χ3n) is 7.88. The average molecular weight is 747 g/mol. The van der Waals surface area contributed by atoms with Crippen molar-refractivity contribution in [3.05, 3.63) is 94.4 Å². The van der Waals surface area contributed by atoms with Gasteiger partial charge in [0.15, 0.2) is 0 Å². The van der Waals surface area contributed by atoms with Gasteiger partial charge in [0.2, 0.25) is 29.5 Å². The van der Waals surface area contributed by atoms with Crippen molar-refractivity contribution in [3.8, 4) is 5.75 Å². The van der Waals surface area contributed by atoms with E-state index in [1.54, 1.807) is 30.5 Å². The normalized spacial score (nSPS) is 12.4. The third-order valence-corrected chi connectivity index (χ3v) is 7.88. The first kappa shape index (κ1) is 42.5. The largest absolute Gasteiger partial charge is 0.489 e. The van der Waals surface area contributed by atoms with Crippen LogP contribution in [-0.4, -0.2) is 90.5 Å². The van der Waals surface area contributed by atoms with Gasteiger partial charge in [0, 0.05) is 56.2 Å². The molecule has 0 radical (unpaired) electrons. The number of rotatable bonds is 24. The minimum atomic E-state index is -1.28. The summed E-state index contributed by atoms with van der Waals surface area (Å²) in [5.74, 6) is -2.22. The zero-order valence-electron chi connectivity index (χ0n) is 30.9. The summed E-state index contributed by atoms with van der Waals surface area (Å²) in [5.41, 5.74) is 11.0. The van der Waals surface area contributed by atoms with Crippen LogP contribution in [0.25, 0.3) is 10.4 Å². The fourth-order valence-corrected chi connectivity index (χ4v) is 5.25. The summed E-state index contributed by atoms with van der Waals surface area (Å²) in [6, 6.07) is 13.5. The van der Waals surface area contributed by atoms with Crippen LogP contribution in [0.15, 0.2) is 72.2 Å². The van der Waals surface area contributed by atoms with Crippen LogP contribution in [0.3, 0.4) is 0 Å². The number of carbonyl (C=O) groups excluding carboxylic acids is 5. The highest BCUT2D eigenvalue weighted by Crippen LogP contribution is 2.16. The van der Waals surface area contributed by atoms with Gasteiger partial charge in [-0.05, 0) is 41.1 Å². The molecular formula is C37H50N10O7. The molecule has 0 aliphatic rings. The van der Waals surface area contributed by atoms with E-state index in [1.165, 1.54) is 13.3 Å². The molecule has 17 nitrogen and oxygen atoms in total. The number of hydrogen-bond donors (Lipinski definition) is 6. The lowest BCUT2D eigenvalue weighted by Gasteiger charge is -2.26. The Morgan fingerprint density at radius 1 is 0.852 bits per heavy atom. The summed E-state index contributed by atoms with van der Waals surface area (Å²) in [4.78, 5) is 75.3. The van der Waals surface area contributed by atoms with Gasteiger partial charge in [-0.3, -0.25) is 24.0 Å². The molecule has 0 aliphatic heterocycles. The van der Waals surface area contributed by atoms with Crippen molar-refractivity contribution >= 4 is 29.5 Å². The first-order valence-electron chi connectivity index (χ1n) is 17.8. The smallest absolute Gasteiger partial charge is 0.243 e. The van der Waals surface area contributed by atoms with E-state index in [4.69, 9.17) is 15.0 Å². The molecule has 0 saturated carbocycles. The SMILES string of the molecule is CC(=O)N[C@@H](Cc1ccc(OCc2ccccc2)cc1)C(=O)N[C@H](CC(C)C)C(=O)N[C@@H](CC(=O)NCCc1cnc[nH]1)C(=O)NCCOCCN=[N+]=[N-]. The van der Waals surface area contributed by atoms with Gasteiger partial charge in [-0.25, -0.2) is 4.98 Å². The number of aromatic amines is 1. The predicted octanol–water partition coefficient (Wildman–Crippen LogP) is 2.24. The highest BCUT2D eigenvalue weighted by molar-refractivity contribution is 5.95. The first-order valence-corrected chi connectivity index (χ1v) is 17.8. The number of hydrogen-bond acceptors (Lipinski definition) is 9. The molecule has 3 atom stereocenters. The Morgan fingerprint density at radius 3 is 2.24 bits per heavy atom. The Bertz CT molecular complexity index is 1660. The maximum atomic E-state index is 13.7. The molecule has 5 amide bonds. The molecule has 0 saturated heterocycles. The molecule has 2 aromatic carbocycles. The van der Waals surface area contributed by atoms with E-state index < -0.39 is 47.7 Å². The number of carbonyl (C=O) groups is 5. The fraction of sp³-hybridized carbons (Fsp3) is 0.459. The second kappa shape index (κ2) is 23.6. The lowest BCUT2D eigenvalue weighted by Crippen LogP contribution is -2.58. The van der Waals surface area contributed by atoms with E-state index in [1.807, 2.05) is 44.2 Å². The number of amides is 5. The van der Waals surface area contributed by atoms with Crippen molar-refractivity contribution in [1.82, 2.24) is 36.6 Å². The van der Waals surface area contributed by atoms with Crippen LogP contribution in [0, 0.1) is 5.92 Å². The van der Waals surface area contributed by atoms with E-state index >= 15 is 0 Å². The molecule has 0 fully saturated rings. The van der Waals surface area contributed by atoms with Crippen molar-refractivity contribution in [1.29, 1.82) is 0 Å². The lowest BCUT2D eigenvalue weighted by atomic mass is 10.0. The Morgan fingerprint density at radius 2 is 1.57 bits per heavy atom. The maximum absolute atomic E-state index is 13.7. The lowest BCUT2D eigenvalue weighted by molar-refractivity contribution is -0.135. The summed E-state index contributed by atoms with van der Waals surface area (Å²) in [6.45, 7) is 6.15. The van der Waals surface area contributed by atoms with Gasteiger partial charge in [-0.1, -0.05) is 61.4 Å². The molecule has 1 aromatic heterocycles. The first-order chi connectivity index (χ1) is 26.0. The third kappa shape index (κ3) is 16.6. The maximum Gasteiger partial charge on any atom is 0.243 e. The molecule has 17 heteroatoms. The Hall–Kier alpha value is -5.93. The van der Waals surface area contributed by atoms with Gasteiger partial charge < -0.3 is 41.0 Å². The van der Waals surface area contributed by atoms with Crippen molar-refractivity contribution < 1.29 is 33.4 Å². The van der Waals surface area contributed by atoms with Crippen LogP contribution in [-0.2, 0) is 48.2 Å². The van der Waals surface area contributed by atoms with Crippen molar-refractivity contribution in [2.24, 2.45) is 11.0 Å².